The fourth-order valence-corrected chi connectivity index (χ4v) is 6.64. The van der Waals surface area contributed by atoms with Gasteiger partial charge in [-0.05, 0) is 54.9 Å². The molecule has 1 unspecified atom stereocenters. The van der Waals surface area contributed by atoms with Crippen LogP contribution in [0.5, 0.6) is 11.5 Å². The second-order valence-corrected chi connectivity index (χ2v) is 11.3. The molecule has 1 atom stereocenters. The zero-order valence-electron chi connectivity index (χ0n) is 18.1. The first-order valence-electron chi connectivity index (χ1n) is 10.5. The first-order chi connectivity index (χ1) is 14.9. The minimum atomic E-state index is -3.44. The first kappa shape index (κ1) is 23.4. The van der Waals surface area contributed by atoms with Crippen LogP contribution in [0.2, 0.25) is 0 Å². The molecule has 0 aliphatic rings. The summed E-state index contributed by atoms with van der Waals surface area (Å²) in [5.74, 6) is 0.963. The van der Waals surface area contributed by atoms with Gasteiger partial charge in [0, 0.05) is 28.2 Å². The van der Waals surface area contributed by atoms with Gasteiger partial charge >= 0.3 is 6.80 Å². The zero-order chi connectivity index (χ0) is 22.4. The lowest BCUT2D eigenvalue weighted by Crippen LogP contribution is -2.01. The SMILES string of the molecule is CCCCOP(=O)(Oc1cc(O)c2cc3cc(C#N)ccc3nc2c1CC)SCCC. The van der Waals surface area contributed by atoms with E-state index in [1.54, 1.807) is 18.2 Å². The second-order valence-electron chi connectivity index (χ2n) is 7.19. The highest BCUT2D eigenvalue weighted by atomic mass is 32.7. The van der Waals surface area contributed by atoms with E-state index in [0.29, 0.717) is 46.5 Å². The van der Waals surface area contributed by atoms with Crippen LogP contribution in [0.4, 0.5) is 0 Å². The number of hydrogen-bond acceptors (Lipinski definition) is 7. The van der Waals surface area contributed by atoms with Crippen molar-refractivity contribution in [3.8, 4) is 17.6 Å². The molecule has 1 aromatic heterocycles. The molecule has 3 rings (SSSR count). The standard InChI is InChI=1S/C23H27N2O4PS/c1-4-7-10-28-30(27,31-11-5-2)29-22-14-21(26)19-13-17-12-16(15-24)8-9-20(17)25-23(19)18(22)6-3/h8-9,12-14,26H,4-7,10-11H2,1-3H3. The molecule has 0 fully saturated rings. The summed E-state index contributed by atoms with van der Waals surface area (Å²) in [6.45, 7) is 2.93. The molecule has 6 nitrogen and oxygen atoms in total. The van der Waals surface area contributed by atoms with Crippen molar-refractivity contribution in [2.24, 2.45) is 0 Å². The lowest BCUT2D eigenvalue weighted by molar-refractivity contribution is 0.274. The molecule has 0 spiro atoms. The molecule has 0 aliphatic carbocycles. The molecule has 0 radical (unpaired) electrons. The maximum absolute atomic E-state index is 13.4. The van der Waals surface area contributed by atoms with Crippen LogP contribution < -0.4 is 4.52 Å². The summed E-state index contributed by atoms with van der Waals surface area (Å²) in [5.41, 5.74) is 2.59. The zero-order valence-corrected chi connectivity index (χ0v) is 19.8. The molecule has 1 N–H and O–H groups in total. The number of aryl methyl sites for hydroxylation is 1. The number of nitriles is 1. The summed E-state index contributed by atoms with van der Waals surface area (Å²) >= 11 is 1.18. The summed E-state index contributed by atoms with van der Waals surface area (Å²) in [5, 5.41) is 21.2. The summed E-state index contributed by atoms with van der Waals surface area (Å²) in [7, 11) is 0. The summed E-state index contributed by atoms with van der Waals surface area (Å²) in [6, 6.07) is 10.7. The number of hydrogen-bond donors (Lipinski definition) is 1. The molecule has 0 saturated carbocycles. The lowest BCUT2D eigenvalue weighted by Gasteiger charge is -2.21. The van der Waals surface area contributed by atoms with Crippen molar-refractivity contribution in [2.75, 3.05) is 12.4 Å². The molecule has 31 heavy (non-hydrogen) atoms. The maximum atomic E-state index is 13.4. The predicted molar refractivity (Wildman–Crippen MR) is 127 cm³/mol. The molecule has 0 saturated heterocycles. The Morgan fingerprint density at radius 2 is 2.00 bits per heavy atom. The number of pyridine rings is 1. The van der Waals surface area contributed by atoms with E-state index >= 15 is 0 Å². The van der Waals surface area contributed by atoms with Crippen LogP contribution in [0.25, 0.3) is 21.8 Å². The van der Waals surface area contributed by atoms with Crippen LogP contribution in [0.3, 0.4) is 0 Å². The predicted octanol–water partition coefficient (Wildman–Crippen LogP) is 6.97. The highest BCUT2D eigenvalue weighted by Gasteiger charge is 2.29. The molecular formula is C23H27N2O4PS. The van der Waals surface area contributed by atoms with E-state index in [1.165, 1.54) is 17.4 Å². The number of aromatic nitrogens is 1. The number of benzene rings is 2. The number of phenols is 1. The lowest BCUT2D eigenvalue weighted by atomic mass is 10.0. The number of fused-ring (bicyclic) bond motifs is 2. The quantitative estimate of drug-likeness (QED) is 0.199. The Morgan fingerprint density at radius 3 is 2.68 bits per heavy atom. The highest BCUT2D eigenvalue weighted by Crippen LogP contribution is 2.61. The van der Waals surface area contributed by atoms with Gasteiger partial charge in [-0.2, -0.15) is 5.26 Å². The van der Waals surface area contributed by atoms with Crippen molar-refractivity contribution >= 4 is 40.0 Å². The monoisotopic (exact) mass is 458 g/mol. The Bertz CT molecular complexity index is 1180. The van der Waals surface area contributed by atoms with Crippen LogP contribution in [-0.4, -0.2) is 22.5 Å². The minimum Gasteiger partial charge on any atom is -0.507 e. The van der Waals surface area contributed by atoms with Gasteiger partial charge < -0.3 is 9.63 Å². The van der Waals surface area contributed by atoms with E-state index in [9.17, 15) is 9.67 Å². The van der Waals surface area contributed by atoms with Gasteiger partial charge in [0.15, 0.2) is 0 Å². The van der Waals surface area contributed by atoms with Crippen molar-refractivity contribution in [1.82, 2.24) is 4.98 Å². The Morgan fingerprint density at radius 1 is 1.19 bits per heavy atom. The minimum absolute atomic E-state index is 0.0143. The Labute approximate surface area is 186 Å². The third kappa shape index (κ3) is 5.33. The van der Waals surface area contributed by atoms with E-state index in [0.717, 1.165) is 30.2 Å². The molecule has 2 aromatic carbocycles. The van der Waals surface area contributed by atoms with Gasteiger partial charge in [0.25, 0.3) is 0 Å². The Hall–Kier alpha value is -2.26. The van der Waals surface area contributed by atoms with Crippen molar-refractivity contribution in [3.05, 3.63) is 41.5 Å². The molecule has 0 bridgehead atoms. The van der Waals surface area contributed by atoms with E-state index < -0.39 is 6.80 Å². The van der Waals surface area contributed by atoms with Crippen LogP contribution in [-0.2, 0) is 15.5 Å². The number of nitrogens with zero attached hydrogens (tertiary/aromatic N) is 2. The number of phenolic OH excluding ortho intramolecular Hbond substituents is 1. The van der Waals surface area contributed by atoms with Crippen LogP contribution in [0, 0.1) is 11.3 Å². The van der Waals surface area contributed by atoms with E-state index in [4.69, 9.17) is 19.3 Å². The Balaban J connectivity index is 2.10. The largest absolute Gasteiger partial charge is 0.507 e. The first-order valence-corrected chi connectivity index (χ1v) is 13.7. The summed E-state index contributed by atoms with van der Waals surface area (Å²) in [6.07, 6.45) is 3.15. The summed E-state index contributed by atoms with van der Waals surface area (Å²) < 4.78 is 25.1. The van der Waals surface area contributed by atoms with Crippen LogP contribution in [0.15, 0.2) is 30.3 Å². The van der Waals surface area contributed by atoms with Gasteiger partial charge in [-0.3, -0.25) is 4.52 Å². The molecule has 1 heterocycles. The number of rotatable bonds is 10. The van der Waals surface area contributed by atoms with Gasteiger partial charge in [-0.25, -0.2) is 9.55 Å². The third-order valence-electron chi connectivity index (χ3n) is 4.84. The number of unbranched alkanes of at least 4 members (excludes halogenated alkanes) is 1. The maximum Gasteiger partial charge on any atom is 0.440 e. The van der Waals surface area contributed by atoms with E-state index in [1.807, 2.05) is 26.8 Å². The second kappa shape index (κ2) is 10.4. The fourth-order valence-electron chi connectivity index (χ4n) is 3.23. The smallest absolute Gasteiger partial charge is 0.440 e. The molecular weight excluding hydrogens is 431 g/mol. The molecule has 164 valence electrons. The van der Waals surface area contributed by atoms with Crippen molar-refractivity contribution in [3.63, 3.8) is 0 Å². The number of aromatic hydroxyl groups is 1. The molecule has 8 heteroatoms. The summed E-state index contributed by atoms with van der Waals surface area (Å²) in [4.78, 5) is 4.73. The van der Waals surface area contributed by atoms with E-state index in [2.05, 4.69) is 6.07 Å². The van der Waals surface area contributed by atoms with Crippen LogP contribution in [0.1, 0.15) is 51.2 Å². The molecule has 3 aromatic rings. The highest BCUT2D eigenvalue weighted by molar-refractivity contribution is 8.55. The van der Waals surface area contributed by atoms with Crippen molar-refractivity contribution in [1.29, 1.82) is 5.26 Å². The van der Waals surface area contributed by atoms with Crippen LogP contribution >= 0.6 is 18.2 Å². The third-order valence-corrected chi connectivity index (χ3v) is 8.70. The van der Waals surface area contributed by atoms with E-state index in [-0.39, 0.29) is 5.75 Å². The van der Waals surface area contributed by atoms with Gasteiger partial charge in [0.05, 0.1) is 29.3 Å². The van der Waals surface area contributed by atoms with Gasteiger partial charge in [0.1, 0.15) is 11.5 Å². The molecule has 0 aliphatic heterocycles. The van der Waals surface area contributed by atoms with Crippen molar-refractivity contribution < 1.29 is 18.7 Å². The Kier molecular flexibility index (Phi) is 7.83. The van der Waals surface area contributed by atoms with Crippen molar-refractivity contribution in [2.45, 2.75) is 46.5 Å². The molecule has 0 amide bonds. The average molecular weight is 459 g/mol. The fraction of sp³-hybridized carbons (Fsp3) is 0.391. The van der Waals surface area contributed by atoms with Gasteiger partial charge in [-0.15, -0.1) is 0 Å². The van der Waals surface area contributed by atoms with Gasteiger partial charge in [-0.1, -0.05) is 27.2 Å². The average Bonchev–Trinajstić information content (AvgIpc) is 2.77. The normalized spacial score (nSPS) is 13.2. The van der Waals surface area contributed by atoms with Gasteiger partial charge in [0.2, 0.25) is 0 Å². The topological polar surface area (TPSA) is 92.4 Å².